The monoisotopic (exact) mass is 442 g/mol. The zero-order valence-electron chi connectivity index (χ0n) is 16.5. The summed E-state index contributed by atoms with van der Waals surface area (Å²) < 4.78 is 7.32. The number of methoxy groups -OCH3 is 1. The summed E-state index contributed by atoms with van der Waals surface area (Å²) in [5.41, 5.74) is 1.52. The molecule has 0 atom stereocenters. The van der Waals surface area contributed by atoms with Crippen molar-refractivity contribution in [2.75, 3.05) is 51.3 Å². The van der Waals surface area contributed by atoms with Crippen molar-refractivity contribution in [3.63, 3.8) is 0 Å². The molecule has 0 unspecified atom stereocenters. The van der Waals surface area contributed by atoms with Crippen LogP contribution in [0.3, 0.4) is 0 Å². The zero-order valence-corrected chi connectivity index (χ0v) is 18.1. The fourth-order valence-corrected chi connectivity index (χ4v) is 3.83. The van der Waals surface area contributed by atoms with E-state index in [1.54, 1.807) is 7.11 Å². The van der Waals surface area contributed by atoms with Gasteiger partial charge in [-0.05, 0) is 38.1 Å². The average Bonchev–Trinajstić information content (AvgIpc) is 3.24. The number of hydrogen-bond acceptors (Lipinski definition) is 6. The van der Waals surface area contributed by atoms with Crippen molar-refractivity contribution in [3.05, 3.63) is 36.2 Å². The van der Waals surface area contributed by atoms with Crippen molar-refractivity contribution >= 4 is 36.4 Å². The van der Waals surface area contributed by atoms with E-state index in [2.05, 4.69) is 26.6 Å². The van der Waals surface area contributed by atoms with Crippen LogP contribution in [0.15, 0.2) is 30.5 Å². The second-order valence-electron chi connectivity index (χ2n) is 7.02. The minimum atomic E-state index is -0.0325. The van der Waals surface area contributed by atoms with E-state index in [1.807, 2.05) is 34.0 Å². The van der Waals surface area contributed by atoms with Gasteiger partial charge in [-0.25, -0.2) is 4.68 Å². The molecule has 2 fully saturated rings. The smallest absolute Gasteiger partial charge is 0.276 e. The Bertz CT molecular complexity index is 789. The molecule has 0 spiro atoms. The van der Waals surface area contributed by atoms with E-state index in [4.69, 9.17) is 4.74 Å². The van der Waals surface area contributed by atoms with Crippen LogP contribution >= 0.6 is 24.8 Å². The maximum absolute atomic E-state index is 12.8. The molecule has 3 heterocycles. The highest BCUT2D eigenvalue weighted by Gasteiger charge is 2.26. The van der Waals surface area contributed by atoms with Crippen LogP contribution in [0.5, 0.6) is 5.75 Å². The molecule has 1 amide bonds. The molecule has 160 valence electrons. The first-order chi connectivity index (χ1) is 13.3. The summed E-state index contributed by atoms with van der Waals surface area (Å²) in [6, 6.07) is 8.33. The molecule has 8 nitrogen and oxygen atoms in total. The number of benzene rings is 1. The van der Waals surface area contributed by atoms with Crippen LogP contribution in [0.2, 0.25) is 0 Å². The Hall–Kier alpha value is -2.03. The number of amides is 1. The van der Waals surface area contributed by atoms with Crippen molar-refractivity contribution in [2.24, 2.45) is 0 Å². The molecule has 4 rings (SSSR count). The van der Waals surface area contributed by atoms with Crippen LogP contribution < -0.4 is 15.0 Å². The first kappa shape index (κ1) is 23.3. The van der Waals surface area contributed by atoms with Crippen LogP contribution in [-0.4, -0.2) is 72.2 Å². The average molecular weight is 443 g/mol. The molecule has 1 aromatic carbocycles. The van der Waals surface area contributed by atoms with Gasteiger partial charge < -0.3 is 19.9 Å². The van der Waals surface area contributed by atoms with Crippen LogP contribution in [0, 0.1) is 0 Å². The normalized spacial score (nSPS) is 17.3. The van der Waals surface area contributed by atoms with Gasteiger partial charge in [-0.1, -0.05) is 17.3 Å². The molecule has 2 aliphatic heterocycles. The Morgan fingerprint density at radius 3 is 2.48 bits per heavy atom. The summed E-state index contributed by atoms with van der Waals surface area (Å²) in [5, 5.41) is 11.7. The van der Waals surface area contributed by atoms with E-state index in [0.717, 1.165) is 50.5 Å². The van der Waals surface area contributed by atoms with Gasteiger partial charge in [-0.2, -0.15) is 0 Å². The number of carbonyl (C=O) groups excluding carboxylic acids is 1. The molecular formula is C19H28Cl2N6O2. The number of piperidine rings is 1. The first-order valence-electron chi connectivity index (χ1n) is 9.56. The maximum Gasteiger partial charge on any atom is 0.276 e. The van der Waals surface area contributed by atoms with Gasteiger partial charge in [0.1, 0.15) is 5.75 Å². The number of para-hydroxylation sites is 2. The molecule has 0 bridgehead atoms. The number of halogens is 2. The second kappa shape index (κ2) is 10.7. The molecule has 0 radical (unpaired) electrons. The van der Waals surface area contributed by atoms with Crippen molar-refractivity contribution in [1.29, 1.82) is 0 Å². The lowest BCUT2D eigenvalue weighted by atomic mass is 10.1. The Labute approximate surface area is 183 Å². The molecule has 2 saturated heterocycles. The van der Waals surface area contributed by atoms with Gasteiger partial charge in [-0.15, -0.1) is 29.9 Å². The molecule has 2 aliphatic rings. The topological polar surface area (TPSA) is 75.5 Å². The largest absolute Gasteiger partial charge is 0.495 e. The third-order valence-corrected chi connectivity index (χ3v) is 5.40. The number of rotatable bonds is 4. The highest BCUT2D eigenvalue weighted by molar-refractivity contribution is 5.92. The van der Waals surface area contributed by atoms with E-state index in [0.29, 0.717) is 24.8 Å². The van der Waals surface area contributed by atoms with E-state index in [9.17, 15) is 4.79 Å². The lowest BCUT2D eigenvalue weighted by Gasteiger charge is -2.36. The molecule has 0 aliphatic carbocycles. The molecule has 1 aromatic heterocycles. The van der Waals surface area contributed by atoms with Gasteiger partial charge in [0.15, 0.2) is 5.69 Å². The van der Waals surface area contributed by atoms with Crippen molar-refractivity contribution in [3.8, 4) is 5.75 Å². The number of carbonyl (C=O) groups is 1. The number of aromatic nitrogens is 3. The van der Waals surface area contributed by atoms with Gasteiger partial charge >= 0.3 is 0 Å². The van der Waals surface area contributed by atoms with E-state index < -0.39 is 0 Å². The summed E-state index contributed by atoms with van der Waals surface area (Å²) in [6.45, 7) is 4.84. The van der Waals surface area contributed by atoms with Crippen LogP contribution in [0.4, 0.5) is 5.69 Å². The quantitative estimate of drug-likeness (QED) is 0.780. The fraction of sp³-hybridized carbons (Fsp3) is 0.526. The standard InChI is InChI=1S/C19H26N6O2.2ClH/c1-27-18-5-3-2-4-17(18)23-10-12-24(13-11-23)19(26)16-14-25(22-21-16)15-6-8-20-9-7-15;;/h2-5,14-15,20H,6-13H2,1H3;2*1H. The summed E-state index contributed by atoms with van der Waals surface area (Å²) in [7, 11) is 1.68. The van der Waals surface area contributed by atoms with Gasteiger partial charge in [0.25, 0.3) is 5.91 Å². The molecule has 2 aromatic rings. The summed E-state index contributed by atoms with van der Waals surface area (Å²) in [4.78, 5) is 16.9. The third-order valence-electron chi connectivity index (χ3n) is 5.40. The predicted octanol–water partition coefficient (Wildman–Crippen LogP) is 2.02. The van der Waals surface area contributed by atoms with Crippen LogP contribution in [0.25, 0.3) is 0 Å². The number of piperazine rings is 1. The fourth-order valence-electron chi connectivity index (χ4n) is 3.83. The van der Waals surface area contributed by atoms with Crippen molar-refractivity contribution in [2.45, 2.75) is 18.9 Å². The van der Waals surface area contributed by atoms with Gasteiger partial charge in [0.05, 0.1) is 25.0 Å². The highest BCUT2D eigenvalue weighted by atomic mass is 35.5. The van der Waals surface area contributed by atoms with Gasteiger partial charge in [-0.3, -0.25) is 4.79 Å². The molecule has 0 saturated carbocycles. The lowest BCUT2D eigenvalue weighted by molar-refractivity contribution is 0.0740. The van der Waals surface area contributed by atoms with Crippen LogP contribution in [-0.2, 0) is 0 Å². The van der Waals surface area contributed by atoms with Crippen molar-refractivity contribution in [1.82, 2.24) is 25.2 Å². The van der Waals surface area contributed by atoms with E-state index in [1.165, 1.54) is 0 Å². The summed E-state index contributed by atoms with van der Waals surface area (Å²) in [6.07, 6.45) is 3.86. The Morgan fingerprint density at radius 1 is 1.10 bits per heavy atom. The number of nitrogens with one attached hydrogen (secondary N) is 1. The number of ether oxygens (including phenoxy) is 1. The predicted molar refractivity (Wildman–Crippen MR) is 117 cm³/mol. The van der Waals surface area contributed by atoms with Crippen LogP contribution in [0.1, 0.15) is 29.4 Å². The SMILES string of the molecule is COc1ccccc1N1CCN(C(=O)c2cn(C3CCNCC3)nn2)CC1.Cl.Cl. The Balaban J connectivity index is 0.00000150. The van der Waals surface area contributed by atoms with Gasteiger partial charge in [0.2, 0.25) is 0 Å². The first-order valence-corrected chi connectivity index (χ1v) is 9.56. The molecule has 10 heteroatoms. The van der Waals surface area contributed by atoms with E-state index >= 15 is 0 Å². The lowest BCUT2D eigenvalue weighted by Crippen LogP contribution is -2.49. The number of hydrogen-bond donors (Lipinski definition) is 1. The van der Waals surface area contributed by atoms with Gasteiger partial charge in [0, 0.05) is 26.2 Å². The minimum Gasteiger partial charge on any atom is -0.495 e. The Kier molecular flexibility index (Phi) is 8.55. The van der Waals surface area contributed by atoms with E-state index in [-0.39, 0.29) is 30.7 Å². The Morgan fingerprint density at radius 2 is 1.79 bits per heavy atom. The highest BCUT2D eigenvalue weighted by Crippen LogP contribution is 2.28. The van der Waals surface area contributed by atoms with Crippen molar-refractivity contribution < 1.29 is 9.53 Å². The summed E-state index contributed by atoms with van der Waals surface area (Å²) in [5.74, 6) is 0.831. The second-order valence-corrected chi connectivity index (χ2v) is 7.02. The summed E-state index contributed by atoms with van der Waals surface area (Å²) >= 11 is 0. The molecular weight excluding hydrogens is 415 g/mol. The minimum absolute atomic E-state index is 0. The third kappa shape index (κ3) is 5.12. The zero-order chi connectivity index (χ0) is 18.6. The number of anilines is 1. The maximum atomic E-state index is 12.8. The molecule has 29 heavy (non-hydrogen) atoms. The number of nitrogens with zero attached hydrogens (tertiary/aromatic N) is 5. The molecule has 1 N–H and O–H groups in total.